The molecular formula is C21H27N3O3. The first-order valence-electron chi connectivity index (χ1n) is 9.97. The minimum absolute atomic E-state index is 0.00598. The maximum absolute atomic E-state index is 12.6. The highest BCUT2D eigenvalue weighted by Crippen LogP contribution is 2.46. The number of aryl methyl sites for hydroxylation is 1. The van der Waals surface area contributed by atoms with Gasteiger partial charge in [-0.25, -0.2) is 4.79 Å². The number of likely N-dealkylation sites (tertiary alicyclic amines) is 1. The van der Waals surface area contributed by atoms with Crippen molar-refractivity contribution >= 4 is 17.8 Å². The molecule has 1 atom stereocenters. The van der Waals surface area contributed by atoms with Gasteiger partial charge >= 0.3 is 6.03 Å². The Labute approximate surface area is 160 Å². The third-order valence-corrected chi connectivity index (χ3v) is 6.50. The number of amides is 4. The van der Waals surface area contributed by atoms with Crippen LogP contribution in [-0.2, 0) is 16.0 Å². The van der Waals surface area contributed by atoms with E-state index in [1.54, 1.807) is 4.90 Å². The van der Waals surface area contributed by atoms with Crippen LogP contribution in [0.2, 0.25) is 0 Å². The number of nitrogens with zero attached hydrogens (tertiary/aromatic N) is 3. The van der Waals surface area contributed by atoms with Gasteiger partial charge in [-0.05, 0) is 43.6 Å². The van der Waals surface area contributed by atoms with Gasteiger partial charge in [-0.3, -0.25) is 14.5 Å². The van der Waals surface area contributed by atoms with Crippen molar-refractivity contribution in [2.75, 3.05) is 26.2 Å². The third kappa shape index (κ3) is 3.22. The fourth-order valence-electron chi connectivity index (χ4n) is 4.85. The molecule has 0 N–H and O–H groups in total. The Kier molecular flexibility index (Phi) is 4.66. The highest BCUT2D eigenvalue weighted by Gasteiger charge is 2.56. The summed E-state index contributed by atoms with van der Waals surface area (Å²) in [5, 5.41) is 0. The molecule has 0 bridgehead atoms. The lowest BCUT2D eigenvalue weighted by molar-refractivity contribution is -0.134. The topological polar surface area (TPSA) is 60.9 Å². The van der Waals surface area contributed by atoms with Gasteiger partial charge in [-0.2, -0.15) is 0 Å². The highest BCUT2D eigenvalue weighted by atomic mass is 16.2. The summed E-state index contributed by atoms with van der Waals surface area (Å²) < 4.78 is 0. The van der Waals surface area contributed by atoms with E-state index in [0.29, 0.717) is 19.5 Å². The molecule has 3 heterocycles. The van der Waals surface area contributed by atoms with Crippen molar-refractivity contribution in [1.82, 2.24) is 14.7 Å². The highest BCUT2D eigenvalue weighted by molar-refractivity contribution is 6.04. The number of hydrogen-bond acceptors (Lipinski definition) is 3. The van der Waals surface area contributed by atoms with Gasteiger partial charge < -0.3 is 9.80 Å². The van der Waals surface area contributed by atoms with Crippen LogP contribution in [0.5, 0.6) is 0 Å². The SMILES string of the molecule is CCN1C(=O)C2CC3(CCN(C(=O)CCc4ccccc4)CC3)CN2C1=O. The summed E-state index contributed by atoms with van der Waals surface area (Å²) in [6, 6.07) is 9.68. The zero-order valence-electron chi connectivity index (χ0n) is 15.9. The van der Waals surface area contributed by atoms with Crippen LogP contribution >= 0.6 is 0 Å². The van der Waals surface area contributed by atoms with Crippen molar-refractivity contribution in [3.63, 3.8) is 0 Å². The first-order valence-corrected chi connectivity index (χ1v) is 9.97. The van der Waals surface area contributed by atoms with Crippen LogP contribution in [0.15, 0.2) is 30.3 Å². The molecule has 1 spiro atoms. The first-order chi connectivity index (χ1) is 13.0. The molecule has 0 radical (unpaired) electrons. The second-order valence-corrected chi connectivity index (χ2v) is 8.08. The second kappa shape index (κ2) is 6.98. The van der Waals surface area contributed by atoms with Gasteiger partial charge in [0.15, 0.2) is 0 Å². The average Bonchev–Trinajstić information content (AvgIpc) is 3.16. The average molecular weight is 369 g/mol. The monoisotopic (exact) mass is 369 g/mol. The summed E-state index contributed by atoms with van der Waals surface area (Å²) in [5.74, 6) is 0.164. The molecule has 1 unspecified atom stereocenters. The number of piperidine rings is 1. The number of fused-ring (bicyclic) bond motifs is 1. The molecule has 0 aromatic heterocycles. The zero-order valence-corrected chi connectivity index (χ0v) is 15.9. The molecule has 3 fully saturated rings. The molecular weight excluding hydrogens is 342 g/mol. The predicted octanol–water partition coefficient (Wildman–Crippen LogP) is 2.28. The van der Waals surface area contributed by atoms with Gasteiger partial charge in [0.2, 0.25) is 5.91 Å². The normalized spacial score (nSPS) is 24.0. The lowest BCUT2D eigenvalue weighted by atomic mass is 9.76. The van der Waals surface area contributed by atoms with E-state index in [9.17, 15) is 14.4 Å². The van der Waals surface area contributed by atoms with E-state index < -0.39 is 0 Å². The number of hydrogen-bond donors (Lipinski definition) is 0. The molecule has 4 amide bonds. The number of rotatable bonds is 4. The smallest absolute Gasteiger partial charge is 0.327 e. The Morgan fingerprint density at radius 1 is 1.15 bits per heavy atom. The molecule has 1 aromatic rings. The van der Waals surface area contributed by atoms with Crippen LogP contribution in [-0.4, -0.2) is 64.8 Å². The van der Waals surface area contributed by atoms with Gasteiger partial charge in [0.25, 0.3) is 5.91 Å². The Morgan fingerprint density at radius 3 is 2.48 bits per heavy atom. The summed E-state index contributed by atoms with van der Waals surface area (Å²) in [4.78, 5) is 42.5. The lowest BCUT2D eigenvalue weighted by Gasteiger charge is -2.39. The number of imide groups is 1. The molecule has 3 aliphatic rings. The molecule has 0 saturated carbocycles. The summed E-state index contributed by atoms with van der Waals surface area (Å²) in [6.07, 6.45) is 3.81. The minimum Gasteiger partial charge on any atom is -0.343 e. The Balaban J connectivity index is 1.31. The quantitative estimate of drug-likeness (QED) is 0.765. The second-order valence-electron chi connectivity index (χ2n) is 8.08. The van der Waals surface area contributed by atoms with Crippen LogP contribution < -0.4 is 0 Å². The van der Waals surface area contributed by atoms with Gasteiger partial charge in [-0.15, -0.1) is 0 Å². The van der Waals surface area contributed by atoms with Crippen molar-refractivity contribution < 1.29 is 14.4 Å². The van der Waals surface area contributed by atoms with E-state index in [1.165, 1.54) is 10.5 Å². The third-order valence-electron chi connectivity index (χ3n) is 6.50. The molecule has 27 heavy (non-hydrogen) atoms. The van der Waals surface area contributed by atoms with E-state index in [-0.39, 0.29) is 29.3 Å². The van der Waals surface area contributed by atoms with E-state index in [4.69, 9.17) is 0 Å². The minimum atomic E-state index is -0.280. The standard InChI is InChI=1S/C21H27N3O3/c1-2-23-19(26)17-14-21(15-24(17)20(23)27)10-12-22(13-11-21)18(25)9-8-16-6-4-3-5-7-16/h3-7,17H,2,8-15H2,1H3. The van der Waals surface area contributed by atoms with Crippen molar-refractivity contribution in [1.29, 1.82) is 0 Å². The van der Waals surface area contributed by atoms with Gasteiger partial charge in [0.05, 0.1) is 0 Å². The first kappa shape index (κ1) is 18.0. The summed E-state index contributed by atoms with van der Waals surface area (Å²) in [5.41, 5.74) is 1.19. The number of carbonyl (C=O) groups is 3. The molecule has 144 valence electrons. The van der Waals surface area contributed by atoms with E-state index in [0.717, 1.165) is 38.8 Å². The molecule has 6 heteroatoms. The van der Waals surface area contributed by atoms with Gasteiger partial charge in [0, 0.05) is 32.6 Å². The Bertz CT molecular complexity index is 714. The number of likely N-dealkylation sites (N-methyl/N-ethyl adjacent to an activating group) is 1. The molecule has 4 rings (SSSR count). The fourth-order valence-corrected chi connectivity index (χ4v) is 4.85. The Morgan fingerprint density at radius 2 is 1.85 bits per heavy atom. The lowest BCUT2D eigenvalue weighted by Crippen LogP contribution is -2.45. The van der Waals surface area contributed by atoms with Crippen LogP contribution in [0.25, 0.3) is 0 Å². The molecule has 3 saturated heterocycles. The van der Waals surface area contributed by atoms with E-state index >= 15 is 0 Å². The number of benzene rings is 1. The summed E-state index contributed by atoms with van der Waals surface area (Å²) in [7, 11) is 0. The summed E-state index contributed by atoms with van der Waals surface area (Å²) in [6.45, 7) is 4.40. The molecule has 0 aliphatic carbocycles. The number of carbonyl (C=O) groups excluding carboxylic acids is 3. The fraction of sp³-hybridized carbons (Fsp3) is 0.571. The van der Waals surface area contributed by atoms with Crippen molar-refractivity contribution in [3.8, 4) is 0 Å². The van der Waals surface area contributed by atoms with Crippen molar-refractivity contribution in [2.45, 2.75) is 45.1 Å². The van der Waals surface area contributed by atoms with Crippen molar-refractivity contribution in [3.05, 3.63) is 35.9 Å². The zero-order chi connectivity index (χ0) is 19.0. The molecule has 3 aliphatic heterocycles. The predicted molar refractivity (Wildman–Crippen MR) is 101 cm³/mol. The summed E-state index contributed by atoms with van der Waals surface area (Å²) >= 11 is 0. The van der Waals surface area contributed by atoms with E-state index in [2.05, 4.69) is 12.1 Å². The van der Waals surface area contributed by atoms with Gasteiger partial charge in [0.1, 0.15) is 6.04 Å². The van der Waals surface area contributed by atoms with Crippen LogP contribution in [0.3, 0.4) is 0 Å². The van der Waals surface area contributed by atoms with E-state index in [1.807, 2.05) is 30.0 Å². The molecule has 1 aromatic carbocycles. The van der Waals surface area contributed by atoms with Crippen LogP contribution in [0.4, 0.5) is 4.79 Å². The van der Waals surface area contributed by atoms with Crippen LogP contribution in [0, 0.1) is 5.41 Å². The largest absolute Gasteiger partial charge is 0.343 e. The molecule has 6 nitrogen and oxygen atoms in total. The van der Waals surface area contributed by atoms with Crippen LogP contribution in [0.1, 0.15) is 38.2 Å². The van der Waals surface area contributed by atoms with Gasteiger partial charge in [-0.1, -0.05) is 30.3 Å². The maximum atomic E-state index is 12.6. The number of urea groups is 1. The Hall–Kier alpha value is -2.37. The maximum Gasteiger partial charge on any atom is 0.327 e. The van der Waals surface area contributed by atoms with Crippen molar-refractivity contribution in [2.24, 2.45) is 5.41 Å².